The van der Waals surface area contributed by atoms with Crippen LogP contribution >= 0.6 is 0 Å². The number of rotatable bonds is 5. The quantitative estimate of drug-likeness (QED) is 0.618. The molecule has 0 radical (unpaired) electrons. The molecule has 120 valence electrons. The Hall–Kier alpha value is -2.03. The number of aliphatic hydroxyl groups is 1. The fraction of sp³-hybridized carbons (Fsp3) is 0.750. The molecule has 1 fully saturated rings. The van der Waals surface area contributed by atoms with Gasteiger partial charge >= 0.3 is 18.1 Å². The number of hydrogen-bond donors (Lipinski definition) is 3. The van der Waals surface area contributed by atoms with E-state index in [1.165, 1.54) is 9.80 Å². The first-order valence-corrected chi connectivity index (χ1v) is 6.80. The maximum atomic E-state index is 11.9. The molecule has 0 aromatic rings. The van der Waals surface area contributed by atoms with E-state index in [0.29, 0.717) is 32.8 Å². The summed E-state index contributed by atoms with van der Waals surface area (Å²) in [5.41, 5.74) is 0. The lowest BCUT2D eigenvalue weighted by Gasteiger charge is -2.34. The van der Waals surface area contributed by atoms with E-state index in [9.17, 15) is 14.4 Å². The second kappa shape index (κ2) is 8.30. The number of carbonyl (C=O) groups is 3. The minimum absolute atomic E-state index is 0.0517. The first-order chi connectivity index (χ1) is 9.99. The number of nitrogens with one attached hydrogen (secondary N) is 1. The van der Waals surface area contributed by atoms with Gasteiger partial charge < -0.3 is 30.1 Å². The Morgan fingerprint density at radius 2 is 1.76 bits per heavy atom. The van der Waals surface area contributed by atoms with Crippen LogP contribution in [0.5, 0.6) is 0 Å². The van der Waals surface area contributed by atoms with E-state index >= 15 is 0 Å². The van der Waals surface area contributed by atoms with Gasteiger partial charge in [0, 0.05) is 39.2 Å². The van der Waals surface area contributed by atoms with Gasteiger partial charge in [0.15, 0.2) is 0 Å². The van der Waals surface area contributed by atoms with Crippen LogP contribution in [0.4, 0.5) is 9.59 Å². The van der Waals surface area contributed by atoms with Crippen LogP contribution in [0.15, 0.2) is 0 Å². The number of carboxylic acid groups (broad SMARTS) is 1. The van der Waals surface area contributed by atoms with Crippen molar-refractivity contribution < 1.29 is 29.3 Å². The van der Waals surface area contributed by atoms with Crippen molar-refractivity contribution in [2.24, 2.45) is 0 Å². The molecule has 0 aliphatic carbocycles. The summed E-state index contributed by atoms with van der Waals surface area (Å²) in [4.78, 5) is 37.3. The lowest BCUT2D eigenvalue weighted by atomic mass is 10.2. The summed E-state index contributed by atoms with van der Waals surface area (Å²) in [7, 11) is 0. The number of urea groups is 1. The lowest BCUT2D eigenvalue weighted by Crippen LogP contribution is -2.55. The molecule has 21 heavy (non-hydrogen) atoms. The third-order valence-electron chi connectivity index (χ3n) is 3.11. The van der Waals surface area contributed by atoms with Gasteiger partial charge in [-0.15, -0.1) is 0 Å². The summed E-state index contributed by atoms with van der Waals surface area (Å²) in [6.07, 6.45) is -0.467. The normalized spacial score (nSPS) is 16.3. The number of piperazine rings is 1. The topological polar surface area (TPSA) is 119 Å². The first kappa shape index (κ1) is 17.0. The fourth-order valence-electron chi connectivity index (χ4n) is 1.93. The predicted octanol–water partition coefficient (Wildman–Crippen LogP) is -0.694. The van der Waals surface area contributed by atoms with E-state index in [-0.39, 0.29) is 13.0 Å². The van der Waals surface area contributed by atoms with E-state index in [1.54, 1.807) is 6.92 Å². The molecule has 1 aliphatic heterocycles. The molecule has 0 bridgehead atoms. The molecule has 3 amide bonds. The summed E-state index contributed by atoms with van der Waals surface area (Å²) >= 11 is 0. The summed E-state index contributed by atoms with van der Waals surface area (Å²) < 4.78 is 4.87. The molecule has 1 heterocycles. The zero-order valence-electron chi connectivity index (χ0n) is 11.9. The van der Waals surface area contributed by atoms with Crippen LogP contribution in [0.3, 0.4) is 0 Å². The molecule has 1 saturated heterocycles. The average Bonchev–Trinajstić information content (AvgIpc) is 2.47. The summed E-state index contributed by atoms with van der Waals surface area (Å²) in [6.45, 7) is 2.96. The largest absolute Gasteiger partial charge is 0.480 e. The third kappa shape index (κ3) is 5.10. The van der Waals surface area contributed by atoms with Gasteiger partial charge in [-0.1, -0.05) is 0 Å². The van der Waals surface area contributed by atoms with E-state index in [2.05, 4.69) is 5.32 Å². The minimum Gasteiger partial charge on any atom is -0.480 e. The van der Waals surface area contributed by atoms with Crippen molar-refractivity contribution in [1.82, 2.24) is 15.1 Å². The van der Waals surface area contributed by atoms with Gasteiger partial charge in [0.25, 0.3) is 0 Å². The summed E-state index contributed by atoms with van der Waals surface area (Å²) in [6, 6.07) is -1.63. The van der Waals surface area contributed by atoms with Gasteiger partial charge in [-0.05, 0) is 6.92 Å². The van der Waals surface area contributed by atoms with E-state index in [4.69, 9.17) is 14.9 Å². The summed E-state index contributed by atoms with van der Waals surface area (Å²) in [5.74, 6) is -1.19. The zero-order valence-corrected chi connectivity index (χ0v) is 11.9. The van der Waals surface area contributed by atoms with Crippen LogP contribution in [-0.4, -0.2) is 83.5 Å². The Morgan fingerprint density at radius 1 is 1.19 bits per heavy atom. The molecule has 0 spiro atoms. The Labute approximate surface area is 122 Å². The molecular formula is C12H21N3O6. The Kier molecular flexibility index (Phi) is 6.73. The van der Waals surface area contributed by atoms with E-state index in [0.717, 1.165) is 0 Å². The Morgan fingerprint density at radius 3 is 2.24 bits per heavy atom. The van der Waals surface area contributed by atoms with Crippen molar-refractivity contribution in [1.29, 1.82) is 0 Å². The van der Waals surface area contributed by atoms with Crippen LogP contribution < -0.4 is 5.32 Å². The number of amides is 3. The molecule has 9 nitrogen and oxygen atoms in total. The molecule has 0 aromatic heterocycles. The highest BCUT2D eigenvalue weighted by atomic mass is 16.6. The number of nitrogens with zero attached hydrogens (tertiary/aromatic N) is 2. The molecule has 3 N–H and O–H groups in total. The fourth-order valence-corrected chi connectivity index (χ4v) is 1.93. The van der Waals surface area contributed by atoms with Gasteiger partial charge in [0.05, 0.1) is 6.61 Å². The highest BCUT2D eigenvalue weighted by molar-refractivity contribution is 5.82. The molecule has 1 aliphatic rings. The van der Waals surface area contributed by atoms with E-state index < -0.39 is 24.1 Å². The maximum absolute atomic E-state index is 11.9. The van der Waals surface area contributed by atoms with Crippen LogP contribution in [0.2, 0.25) is 0 Å². The number of aliphatic carboxylic acids is 1. The van der Waals surface area contributed by atoms with Crippen molar-refractivity contribution in [3.8, 4) is 0 Å². The van der Waals surface area contributed by atoms with E-state index in [1.807, 2.05) is 0 Å². The lowest BCUT2D eigenvalue weighted by molar-refractivity contribution is -0.139. The average molecular weight is 303 g/mol. The van der Waals surface area contributed by atoms with Gasteiger partial charge in [0.1, 0.15) is 6.04 Å². The molecule has 1 atom stereocenters. The number of carboxylic acids is 1. The van der Waals surface area contributed by atoms with Crippen molar-refractivity contribution in [3.63, 3.8) is 0 Å². The Balaban J connectivity index is 2.44. The molecule has 1 rings (SSSR count). The van der Waals surface area contributed by atoms with Crippen LogP contribution in [0.25, 0.3) is 0 Å². The maximum Gasteiger partial charge on any atom is 0.409 e. The standard InChI is InChI=1S/C12H21N3O6/c1-2-21-12(20)15-6-4-14(5-7-15)11(19)13-9(3-8-16)10(17)18/h9,16H,2-8H2,1H3,(H,13,19)(H,17,18). The molecular weight excluding hydrogens is 282 g/mol. The molecule has 9 heteroatoms. The number of hydrogen-bond acceptors (Lipinski definition) is 5. The molecule has 0 aromatic carbocycles. The van der Waals surface area contributed by atoms with Gasteiger partial charge in [0.2, 0.25) is 0 Å². The van der Waals surface area contributed by atoms with Gasteiger partial charge in [-0.3, -0.25) is 0 Å². The Bertz CT molecular complexity index is 381. The molecule has 0 saturated carbocycles. The second-order valence-corrected chi connectivity index (χ2v) is 4.53. The highest BCUT2D eigenvalue weighted by Gasteiger charge is 2.27. The number of carbonyl (C=O) groups excluding carboxylic acids is 2. The summed E-state index contributed by atoms with van der Waals surface area (Å²) in [5, 5.41) is 20.0. The number of aliphatic hydroxyl groups excluding tert-OH is 1. The smallest absolute Gasteiger partial charge is 0.409 e. The van der Waals surface area contributed by atoms with Crippen LogP contribution in [0, 0.1) is 0 Å². The van der Waals surface area contributed by atoms with Crippen LogP contribution in [0.1, 0.15) is 13.3 Å². The van der Waals surface area contributed by atoms with Gasteiger partial charge in [-0.2, -0.15) is 0 Å². The van der Waals surface area contributed by atoms with Crippen molar-refractivity contribution in [2.45, 2.75) is 19.4 Å². The second-order valence-electron chi connectivity index (χ2n) is 4.53. The minimum atomic E-state index is -1.19. The zero-order chi connectivity index (χ0) is 15.8. The monoisotopic (exact) mass is 303 g/mol. The SMILES string of the molecule is CCOC(=O)N1CCN(C(=O)NC(CCO)C(=O)O)CC1. The highest BCUT2D eigenvalue weighted by Crippen LogP contribution is 2.05. The van der Waals surface area contributed by atoms with Crippen molar-refractivity contribution in [2.75, 3.05) is 39.4 Å². The van der Waals surface area contributed by atoms with Crippen LogP contribution in [-0.2, 0) is 9.53 Å². The third-order valence-corrected chi connectivity index (χ3v) is 3.11. The number of ether oxygens (including phenoxy) is 1. The first-order valence-electron chi connectivity index (χ1n) is 6.80. The van der Waals surface area contributed by atoms with Crippen molar-refractivity contribution in [3.05, 3.63) is 0 Å². The van der Waals surface area contributed by atoms with Gasteiger partial charge in [-0.25, -0.2) is 14.4 Å². The predicted molar refractivity (Wildman–Crippen MR) is 71.8 cm³/mol. The van der Waals surface area contributed by atoms with Crippen molar-refractivity contribution >= 4 is 18.1 Å². The molecule has 1 unspecified atom stereocenters.